The summed E-state index contributed by atoms with van der Waals surface area (Å²) in [6.07, 6.45) is -0.163. The van der Waals surface area contributed by atoms with E-state index in [1.165, 1.54) is 19.1 Å². The van der Waals surface area contributed by atoms with Crippen LogP contribution in [0.5, 0.6) is 5.75 Å². The number of rotatable bonds is 10. The molecule has 0 bridgehead atoms. The highest BCUT2D eigenvalue weighted by atomic mass is 16.4. The van der Waals surface area contributed by atoms with Crippen LogP contribution in [0.15, 0.2) is 24.3 Å². The number of hydrogen-bond acceptors (Lipinski definition) is 6. The van der Waals surface area contributed by atoms with Gasteiger partial charge in [0.15, 0.2) is 0 Å². The Balaban J connectivity index is 2.56. The first-order chi connectivity index (χ1) is 12.6. The van der Waals surface area contributed by atoms with Crippen molar-refractivity contribution in [2.75, 3.05) is 0 Å². The van der Waals surface area contributed by atoms with Crippen molar-refractivity contribution < 1.29 is 29.4 Å². The number of phenols is 1. The molecule has 10 nitrogen and oxygen atoms in total. The van der Waals surface area contributed by atoms with Crippen molar-refractivity contribution in [3.63, 3.8) is 0 Å². The van der Waals surface area contributed by atoms with Crippen LogP contribution < -0.4 is 22.1 Å². The molecule has 148 valence electrons. The molecule has 0 aliphatic rings. The van der Waals surface area contributed by atoms with Crippen LogP contribution in [0.4, 0.5) is 0 Å². The summed E-state index contributed by atoms with van der Waals surface area (Å²) in [5, 5.41) is 23.0. The minimum atomic E-state index is -1.31. The molecule has 3 amide bonds. The smallest absolute Gasteiger partial charge is 0.326 e. The first-order valence-corrected chi connectivity index (χ1v) is 8.25. The SMILES string of the molecule is CC(NC(=O)C(N)Cc1ccc(O)cc1)C(=O)NC(CCC(N)=O)C(=O)O. The zero-order valence-electron chi connectivity index (χ0n) is 14.8. The number of benzene rings is 1. The molecule has 1 aromatic carbocycles. The molecular weight excluding hydrogens is 356 g/mol. The zero-order valence-corrected chi connectivity index (χ0v) is 14.8. The number of phenolic OH excluding ortho intramolecular Hbond substituents is 1. The summed E-state index contributed by atoms with van der Waals surface area (Å²) in [5.74, 6) is -3.22. The van der Waals surface area contributed by atoms with Crippen molar-refractivity contribution in [3.8, 4) is 5.75 Å². The van der Waals surface area contributed by atoms with E-state index in [1.54, 1.807) is 12.1 Å². The number of carboxylic acid groups (broad SMARTS) is 1. The van der Waals surface area contributed by atoms with Crippen LogP contribution in [0.1, 0.15) is 25.3 Å². The van der Waals surface area contributed by atoms with Gasteiger partial charge in [0.1, 0.15) is 17.8 Å². The number of carbonyl (C=O) groups is 4. The van der Waals surface area contributed by atoms with Crippen molar-refractivity contribution in [3.05, 3.63) is 29.8 Å². The van der Waals surface area contributed by atoms with Gasteiger partial charge in [0.2, 0.25) is 17.7 Å². The molecule has 1 rings (SSSR count). The first-order valence-electron chi connectivity index (χ1n) is 8.25. The van der Waals surface area contributed by atoms with Crippen LogP contribution in [0.3, 0.4) is 0 Å². The maximum Gasteiger partial charge on any atom is 0.326 e. The fourth-order valence-electron chi connectivity index (χ4n) is 2.21. The number of carboxylic acids is 1. The van der Waals surface area contributed by atoms with Gasteiger partial charge in [-0.3, -0.25) is 14.4 Å². The molecule has 0 saturated heterocycles. The van der Waals surface area contributed by atoms with E-state index in [-0.39, 0.29) is 25.0 Å². The van der Waals surface area contributed by atoms with E-state index in [9.17, 15) is 24.3 Å². The maximum absolute atomic E-state index is 12.1. The summed E-state index contributed by atoms with van der Waals surface area (Å²) < 4.78 is 0. The Morgan fingerprint density at radius 2 is 1.67 bits per heavy atom. The molecule has 0 spiro atoms. The van der Waals surface area contributed by atoms with Crippen molar-refractivity contribution in [2.45, 2.75) is 44.3 Å². The van der Waals surface area contributed by atoms with Crippen LogP contribution in [0.2, 0.25) is 0 Å². The number of aliphatic carboxylic acids is 1. The summed E-state index contributed by atoms with van der Waals surface area (Å²) in [7, 11) is 0. The van der Waals surface area contributed by atoms with Crippen LogP contribution in [-0.2, 0) is 25.6 Å². The zero-order chi connectivity index (χ0) is 20.6. The lowest BCUT2D eigenvalue weighted by molar-refractivity contribution is -0.142. The van der Waals surface area contributed by atoms with Crippen molar-refractivity contribution in [2.24, 2.45) is 11.5 Å². The predicted molar refractivity (Wildman–Crippen MR) is 95.4 cm³/mol. The maximum atomic E-state index is 12.1. The fourth-order valence-corrected chi connectivity index (χ4v) is 2.21. The molecule has 8 N–H and O–H groups in total. The van der Waals surface area contributed by atoms with Gasteiger partial charge in [-0.05, 0) is 37.5 Å². The number of hydrogen-bond donors (Lipinski definition) is 6. The van der Waals surface area contributed by atoms with E-state index in [1.807, 2.05) is 0 Å². The second-order valence-electron chi connectivity index (χ2n) is 6.11. The molecule has 0 heterocycles. The Labute approximate surface area is 155 Å². The second-order valence-corrected chi connectivity index (χ2v) is 6.11. The molecule has 10 heteroatoms. The highest BCUT2D eigenvalue weighted by molar-refractivity contribution is 5.91. The van der Waals surface area contributed by atoms with Gasteiger partial charge in [-0.15, -0.1) is 0 Å². The first kappa shape index (κ1) is 21.9. The van der Waals surface area contributed by atoms with Gasteiger partial charge in [0.05, 0.1) is 6.04 Å². The lowest BCUT2D eigenvalue weighted by atomic mass is 10.1. The monoisotopic (exact) mass is 380 g/mol. The lowest BCUT2D eigenvalue weighted by Gasteiger charge is -2.20. The van der Waals surface area contributed by atoms with Crippen LogP contribution >= 0.6 is 0 Å². The largest absolute Gasteiger partial charge is 0.508 e. The van der Waals surface area contributed by atoms with Gasteiger partial charge in [0.25, 0.3) is 0 Å². The Kier molecular flexibility index (Phi) is 8.21. The van der Waals surface area contributed by atoms with E-state index >= 15 is 0 Å². The Hall–Kier alpha value is -3.14. The molecule has 0 aliphatic carbocycles. The molecule has 0 aromatic heterocycles. The quantitative estimate of drug-likeness (QED) is 0.288. The molecule has 0 aliphatic heterocycles. The molecule has 3 unspecified atom stereocenters. The van der Waals surface area contributed by atoms with Crippen LogP contribution in [-0.4, -0.2) is 52.0 Å². The fraction of sp³-hybridized carbons (Fsp3) is 0.412. The van der Waals surface area contributed by atoms with Gasteiger partial charge >= 0.3 is 5.97 Å². The standard InChI is InChI=1S/C17H24N4O6/c1-9(15(24)21-13(17(26)27)6-7-14(19)23)20-16(25)12(18)8-10-2-4-11(22)5-3-10/h2-5,9,12-13,22H,6-8,18H2,1H3,(H2,19,23)(H,20,25)(H,21,24)(H,26,27). The molecule has 27 heavy (non-hydrogen) atoms. The Morgan fingerprint density at radius 1 is 1.07 bits per heavy atom. The normalized spacial score (nSPS) is 13.9. The van der Waals surface area contributed by atoms with Crippen molar-refractivity contribution in [1.29, 1.82) is 0 Å². The van der Waals surface area contributed by atoms with E-state index in [2.05, 4.69) is 10.6 Å². The third kappa shape index (κ3) is 7.74. The number of amides is 3. The van der Waals surface area contributed by atoms with Crippen LogP contribution in [0.25, 0.3) is 0 Å². The average molecular weight is 380 g/mol. The van der Waals surface area contributed by atoms with E-state index in [4.69, 9.17) is 16.6 Å². The summed E-state index contributed by atoms with van der Waals surface area (Å²) in [6, 6.07) is 2.91. The van der Waals surface area contributed by atoms with E-state index < -0.39 is 41.8 Å². The summed E-state index contributed by atoms with van der Waals surface area (Å²) in [5.41, 5.74) is 11.5. The summed E-state index contributed by atoms with van der Waals surface area (Å²) in [6.45, 7) is 1.38. The topological polar surface area (TPSA) is 185 Å². The predicted octanol–water partition coefficient (Wildman–Crippen LogP) is -1.40. The minimum Gasteiger partial charge on any atom is -0.508 e. The van der Waals surface area contributed by atoms with Crippen molar-refractivity contribution in [1.82, 2.24) is 10.6 Å². The second kappa shape index (κ2) is 10.1. The third-order valence-corrected chi connectivity index (χ3v) is 3.77. The number of nitrogens with two attached hydrogens (primary N) is 2. The van der Waals surface area contributed by atoms with Crippen molar-refractivity contribution >= 4 is 23.7 Å². The van der Waals surface area contributed by atoms with Gasteiger partial charge in [-0.25, -0.2) is 4.79 Å². The van der Waals surface area contributed by atoms with E-state index in [0.717, 1.165) is 5.56 Å². The third-order valence-electron chi connectivity index (χ3n) is 3.77. The minimum absolute atomic E-state index is 0.0892. The molecule has 1 aromatic rings. The van der Waals surface area contributed by atoms with Gasteiger partial charge < -0.3 is 32.3 Å². The summed E-state index contributed by atoms with van der Waals surface area (Å²) in [4.78, 5) is 46.1. The average Bonchev–Trinajstić information content (AvgIpc) is 2.59. The van der Waals surface area contributed by atoms with Gasteiger partial charge in [-0.2, -0.15) is 0 Å². The molecule has 0 saturated carbocycles. The lowest BCUT2D eigenvalue weighted by Crippen LogP contribution is -2.53. The number of carbonyl (C=O) groups excluding carboxylic acids is 3. The van der Waals surface area contributed by atoms with Gasteiger partial charge in [-0.1, -0.05) is 12.1 Å². The number of aromatic hydroxyl groups is 1. The Morgan fingerprint density at radius 3 is 2.19 bits per heavy atom. The molecule has 0 radical (unpaired) electrons. The van der Waals surface area contributed by atoms with E-state index in [0.29, 0.717) is 0 Å². The van der Waals surface area contributed by atoms with Gasteiger partial charge in [0, 0.05) is 6.42 Å². The molecule has 3 atom stereocenters. The Bertz CT molecular complexity index is 691. The number of primary amides is 1. The summed E-state index contributed by atoms with van der Waals surface area (Å²) >= 11 is 0. The molecule has 0 fully saturated rings. The highest BCUT2D eigenvalue weighted by Gasteiger charge is 2.25. The molecular formula is C17H24N4O6. The number of nitrogens with one attached hydrogen (secondary N) is 2. The van der Waals surface area contributed by atoms with Crippen LogP contribution in [0, 0.1) is 0 Å². The highest BCUT2D eigenvalue weighted by Crippen LogP contribution is 2.11.